The van der Waals surface area contributed by atoms with Gasteiger partial charge in [-0.15, -0.1) is 0 Å². The molecule has 5 nitrogen and oxygen atoms in total. The van der Waals surface area contributed by atoms with Gasteiger partial charge in [0, 0.05) is 18.7 Å². The Kier molecular flexibility index (Phi) is 4.01. The van der Waals surface area contributed by atoms with Gasteiger partial charge in [-0.25, -0.2) is 14.2 Å². The van der Waals surface area contributed by atoms with Gasteiger partial charge in [0.25, 0.3) is 0 Å². The van der Waals surface area contributed by atoms with Crippen molar-refractivity contribution in [3.63, 3.8) is 0 Å². The number of rotatable bonds is 1. The van der Waals surface area contributed by atoms with Crippen LogP contribution in [0, 0.1) is 11.7 Å². The number of imidazole rings is 1. The van der Waals surface area contributed by atoms with E-state index in [1.165, 1.54) is 6.07 Å². The largest absolute Gasteiger partial charge is 0.444 e. The van der Waals surface area contributed by atoms with Crippen LogP contribution in [0.25, 0.3) is 11.3 Å². The average Bonchev–Trinajstić information content (AvgIpc) is 3.13. The zero-order valence-corrected chi connectivity index (χ0v) is 15.4. The number of carbonyl (C=O) groups is 1. The van der Waals surface area contributed by atoms with Gasteiger partial charge in [-0.05, 0) is 63.3 Å². The van der Waals surface area contributed by atoms with Crippen LogP contribution in [0.2, 0.25) is 0 Å². The maximum Gasteiger partial charge on any atom is 0.410 e. The minimum atomic E-state index is -0.485. The monoisotopic (exact) mass is 357 g/mol. The van der Waals surface area contributed by atoms with Crippen molar-refractivity contribution in [2.24, 2.45) is 5.92 Å². The number of ether oxygens (including phenoxy) is 1. The van der Waals surface area contributed by atoms with Crippen molar-refractivity contribution in [3.8, 4) is 11.3 Å². The van der Waals surface area contributed by atoms with E-state index in [1.54, 1.807) is 11.0 Å². The van der Waals surface area contributed by atoms with E-state index in [-0.39, 0.29) is 18.0 Å². The second kappa shape index (κ2) is 6.11. The lowest BCUT2D eigenvalue weighted by molar-refractivity contribution is 0.0170. The van der Waals surface area contributed by atoms with Gasteiger partial charge in [0.2, 0.25) is 0 Å². The highest BCUT2D eigenvalue weighted by Crippen LogP contribution is 2.45. The molecule has 1 aromatic carbocycles. The number of nitrogens with zero attached hydrogens (tertiary/aromatic N) is 3. The van der Waals surface area contributed by atoms with E-state index in [9.17, 15) is 9.18 Å². The maximum absolute atomic E-state index is 13.9. The molecule has 3 heterocycles. The first-order valence-electron chi connectivity index (χ1n) is 9.13. The lowest BCUT2D eigenvalue weighted by Gasteiger charge is -2.36. The van der Waals surface area contributed by atoms with Gasteiger partial charge in [-0.3, -0.25) is 0 Å². The zero-order chi connectivity index (χ0) is 18.5. The van der Waals surface area contributed by atoms with Gasteiger partial charge < -0.3 is 14.2 Å². The predicted octanol–water partition coefficient (Wildman–Crippen LogP) is 4.24. The highest BCUT2D eigenvalue weighted by Gasteiger charge is 2.37. The lowest BCUT2D eigenvalue weighted by Crippen LogP contribution is -2.43. The van der Waals surface area contributed by atoms with E-state index < -0.39 is 5.60 Å². The molecule has 2 aromatic rings. The van der Waals surface area contributed by atoms with Crippen LogP contribution in [0.5, 0.6) is 0 Å². The van der Waals surface area contributed by atoms with Crippen LogP contribution in [-0.2, 0) is 4.74 Å². The first-order chi connectivity index (χ1) is 12.3. The quantitative estimate of drug-likeness (QED) is 0.767. The molecule has 6 heteroatoms. The highest BCUT2D eigenvalue weighted by atomic mass is 19.1. The van der Waals surface area contributed by atoms with Crippen LogP contribution in [0.4, 0.5) is 9.18 Å². The molecule has 1 atom stereocenters. The van der Waals surface area contributed by atoms with Crippen molar-refractivity contribution in [1.82, 2.24) is 14.5 Å². The summed E-state index contributed by atoms with van der Waals surface area (Å²) in [5.74, 6) is 0.128. The smallest absolute Gasteiger partial charge is 0.410 e. The van der Waals surface area contributed by atoms with Crippen molar-refractivity contribution >= 4 is 6.09 Å². The van der Waals surface area contributed by atoms with E-state index in [0.29, 0.717) is 19.0 Å². The molecule has 0 spiro atoms. The average molecular weight is 357 g/mol. The lowest BCUT2D eigenvalue weighted by atomic mass is 9.85. The number of likely N-dealkylation sites (tertiary alicyclic amines) is 1. The number of amides is 1. The van der Waals surface area contributed by atoms with Crippen LogP contribution in [0.3, 0.4) is 0 Å². The Labute approximate surface area is 152 Å². The van der Waals surface area contributed by atoms with Gasteiger partial charge >= 0.3 is 6.09 Å². The zero-order valence-electron chi connectivity index (χ0n) is 15.4. The summed E-state index contributed by atoms with van der Waals surface area (Å²) in [5, 5.41) is 0. The third kappa shape index (κ3) is 2.97. The summed E-state index contributed by atoms with van der Waals surface area (Å²) in [6.45, 7) is 6.95. The second-order valence-corrected chi connectivity index (χ2v) is 8.17. The van der Waals surface area contributed by atoms with Gasteiger partial charge in [-0.1, -0.05) is 0 Å². The van der Waals surface area contributed by atoms with Crippen molar-refractivity contribution in [1.29, 1.82) is 0 Å². The maximum atomic E-state index is 13.9. The van der Waals surface area contributed by atoms with Crippen molar-refractivity contribution < 1.29 is 13.9 Å². The molecule has 1 fully saturated rings. The number of hydrogen-bond donors (Lipinski definition) is 0. The van der Waals surface area contributed by atoms with Crippen LogP contribution in [0.15, 0.2) is 30.7 Å². The second-order valence-electron chi connectivity index (χ2n) is 8.17. The molecule has 0 N–H and O–H groups in total. The Hall–Kier alpha value is -2.37. The van der Waals surface area contributed by atoms with Gasteiger partial charge in [0.1, 0.15) is 11.4 Å². The van der Waals surface area contributed by atoms with Crippen molar-refractivity contribution in [2.45, 2.75) is 45.3 Å². The summed E-state index contributed by atoms with van der Waals surface area (Å²) in [6, 6.07) is 5.07. The van der Waals surface area contributed by atoms with Gasteiger partial charge in [0.05, 0.1) is 24.3 Å². The molecule has 1 aromatic heterocycles. The molecular formula is C20H24FN3O2. The van der Waals surface area contributed by atoms with Gasteiger partial charge in [0.15, 0.2) is 0 Å². The molecule has 0 radical (unpaired) electrons. The van der Waals surface area contributed by atoms with E-state index >= 15 is 0 Å². The molecule has 0 bridgehead atoms. The topological polar surface area (TPSA) is 47.4 Å². The third-order valence-corrected chi connectivity index (χ3v) is 5.21. The number of fused-ring (bicyclic) bond motifs is 3. The number of benzene rings is 1. The van der Waals surface area contributed by atoms with Crippen LogP contribution in [-0.4, -0.2) is 39.2 Å². The number of hydrogen-bond acceptors (Lipinski definition) is 3. The molecule has 138 valence electrons. The molecule has 1 unspecified atom stereocenters. The van der Waals surface area contributed by atoms with E-state index in [0.717, 1.165) is 29.7 Å². The summed E-state index contributed by atoms with van der Waals surface area (Å²) in [4.78, 5) is 18.3. The van der Waals surface area contributed by atoms with E-state index in [2.05, 4.69) is 9.55 Å². The minimum Gasteiger partial charge on any atom is -0.444 e. The summed E-state index contributed by atoms with van der Waals surface area (Å²) < 4.78 is 21.5. The summed E-state index contributed by atoms with van der Waals surface area (Å²) >= 11 is 0. The molecule has 0 aliphatic carbocycles. The summed E-state index contributed by atoms with van der Waals surface area (Å²) in [7, 11) is 0. The minimum absolute atomic E-state index is 0.0824. The normalized spacial score (nSPS) is 20.0. The number of carbonyl (C=O) groups excluding carboxylic acids is 1. The molecule has 1 saturated heterocycles. The highest BCUT2D eigenvalue weighted by molar-refractivity contribution is 5.70. The molecular weight excluding hydrogens is 333 g/mol. The number of piperidine rings is 1. The van der Waals surface area contributed by atoms with Crippen LogP contribution < -0.4 is 0 Å². The number of aromatic nitrogens is 2. The standard InChI is InChI=1S/C20H24FN3O2/c1-20(2,3)26-19(25)23-8-6-13(7-9-23)18-16-10-14(21)4-5-15(16)17-11-22-12-24(17)18/h4-5,10-13,18H,6-9H2,1-3H3. The fraction of sp³-hybridized carbons (Fsp3) is 0.500. The van der Waals surface area contributed by atoms with Crippen LogP contribution in [0.1, 0.15) is 45.2 Å². The molecule has 2 aliphatic heterocycles. The summed E-state index contributed by atoms with van der Waals surface area (Å²) in [5.41, 5.74) is 2.64. The van der Waals surface area contributed by atoms with Crippen LogP contribution >= 0.6 is 0 Å². The Morgan fingerprint density at radius 1 is 1.27 bits per heavy atom. The van der Waals surface area contributed by atoms with Crippen molar-refractivity contribution in [2.75, 3.05) is 13.1 Å². The third-order valence-electron chi connectivity index (χ3n) is 5.21. The molecule has 26 heavy (non-hydrogen) atoms. The Balaban J connectivity index is 1.52. The SMILES string of the molecule is CC(C)(C)OC(=O)N1CCC(C2c3cc(F)ccc3-c3cncn32)CC1. The first-order valence-corrected chi connectivity index (χ1v) is 9.13. The summed E-state index contributed by atoms with van der Waals surface area (Å²) in [6.07, 6.45) is 5.14. The molecule has 0 saturated carbocycles. The molecule has 1 amide bonds. The fourth-order valence-corrected chi connectivity index (χ4v) is 4.10. The Bertz CT molecular complexity index is 832. The number of halogens is 1. The predicted molar refractivity (Wildman–Crippen MR) is 96.3 cm³/mol. The van der Waals surface area contributed by atoms with E-state index in [4.69, 9.17) is 4.74 Å². The fourth-order valence-electron chi connectivity index (χ4n) is 4.10. The molecule has 4 rings (SSSR count). The van der Waals surface area contributed by atoms with E-state index in [1.807, 2.05) is 39.4 Å². The first kappa shape index (κ1) is 17.1. The molecule has 2 aliphatic rings. The Morgan fingerprint density at radius 3 is 2.69 bits per heavy atom. The Morgan fingerprint density at radius 2 is 2.00 bits per heavy atom. The van der Waals surface area contributed by atoms with Crippen molar-refractivity contribution in [3.05, 3.63) is 42.1 Å². The van der Waals surface area contributed by atoms with Gasteiger partial charge in [-0.2, -0.15) is 0 Å².